The number of hydrogen-bond acceptors (Lipinski definition) is 5. The summed E-state index contributed by atoms with van der Waals surface area (Å²) in [5, 5.41) is 5.98. The molecule has 1 saturated heterocycles. The number of nitrogens with one attached hydrogen (secondary N) is 2. The molecule has 2 aliphatic rings. The maximum Gasteiger partial charge on any atom is 0.255 e. The molecule has 5 rings (SSSR count). The molecule has 0 unspecified atom stereocenters. The van der Waals surface area contributed by atoms with Gasteiger partial charge in [-0.2, -0.15) is 0 Å². The van der Waals surface area contributed by atoms with Crippen molar-refractivity contribution in [3.8, 4) is 0 Å². The summed E-state index contributed by atoms with van der Waals surface area (Å²) < 4.78 is 26.7. The minimum absolute atomic E-state index is 0.0472. The van der Waals surface area contributed by atoms with Crippen molar-refractivity contribution in [3.63, 3.8) is 0 Å². The number of nitrogens with two attached hydrogens (primary N) is 1. The van der Waals surface area contributed by atoms with Crippen molar-refractivity contribution >= 4 is 29.1 Å². The van der Waals surface area contributed by atoms with E-state index in [4.69, 9.17) is 5.73 Å². The highest BCUT2D eigenvalue weighted by molar-refractivity contribution is 6.07. The summed E-state index contributed by atoms with van der Waals surface area (Å²) in [5.74, 6) is -1.69. The molecule has 0 radical (unpaired) electrons. The van der Waals surface area contributed by atoms with Gasteiger partial charge < -0.3 is 26.2 Å². The van der Waals surface area contributed by atoms with Crippen molar-refractivity contribution in [3.05, 3.63) is 95.1 Å². The standard InChI is InChI=1S/C31H33F2N5O3/c32-23-6-1-20(2-7-23)29(39)36-27-19-22(30(40)35-26-12-10-25(34)11-13-26)5-14-28(27)37-15-17-38(18-16-37)31(41)21-3-8-24(33)9-4-21/h1-9,14,19,25-26H,10-13,15-18,34H2,(H,35,40)(H,36,39). The lowest BCUT2D eigenvalue weighted by atomic mass is 9.91. The Morgan fingerprint density at radius 1 is 0.707 bits per heavy atom. The number of piperazine rings is 1. The van der Waals surface area contributed by atoms with Gasteiger partial charge in [0.05, 0.1) is 11.4 Å². The van der Waals surface area contributed by atoms with E-state index in [1.165, 1.54) is 48.5 Å². The van der Waals surface area contributed by atoms with Gasteiger partial charge in [-0.15, -0.1) is 0 Å². The molecule has 0 atom stereocenters. The molecule has 4 N–H and O–H groups in total. The molecule has 1 aliphatic heterocycles. The molecule has 2 fully saturated rings. The molecule has 0 bridgehead atoms. The minimum Gasteiger partial charge on any atom is -0.366 e. The molecular formula is C31H33F2N5O3. The number of carbonyl (C=O) groups is 3. The van der Waals surface area contributed by atoms with E-state index in [0.717, 1.165) is 25.7 Å². The smallest absolute Gasteiger partial charge is 0.255 e. The van der Waals surface area contributed by atoms with Gasteiger partial charge in [-0.05, 0) is 92.4 Å². The van der Waals surface area contributed by atoms with E-state index in [2.05, 4.69) is 10.6 Å². The first-order valence-electron chi connectivity index (χ1n) is 13.8. The Bertz CT molecular complexity index is 1400. The molecule has 3 aromatic rings. The van der Waals surface area contributed by atoms with Crippen LogP contribution in [0.4, 0.5) is 20.2 Å². The lowest BCUT2D eigenvalue weighted by Gasteiger charge is -2.37. The Labute approximate surface area is 237 Å². The molecule has 0 aromatic heterocycles. The highest BCUT2D eigenvalue weighted by atomic mass is 19.1. The summed E-state index contributed by atoms with van der Waals surface area (Å²) in [4.78, 5) is 42.8. The van der Waals surface area contributed by atoms with Crippen molar-refractivity contribution in [2.75, 3.05) is 36.4 Å². The highest BCUT2D eigenvalue weighted by Gasteiger charge is 2.26. The van der Waals surface area contributed by atoms with Crippen LogP contribution in [0.25, 0.3) is 0 Å². The van der Waals surface area contributed by atoms with Crippen LogP contribution < -0.4 is 21.3 Å². The van der Waals surface area contributed by atoms with Gasteiger partial charge in [0, 0.05) is 55.0 Å². The molecule has 1 heterocycles. The Balaban J connectivity index is 1.33. The first kappa shape index (κ1) is 28.2. The largest absolute Gasteiger partial charge is 0.366 e. The normalized spacial score (nSPS) is 19.0. The molecule has 3 aromatic carbocycles. The summed E-state index contributed by atoms with van der Waals surface area (Å²) in [6.45, 7) is 1.82. The average molecular weight is 562 g/mol. The van der Waals surface area contributed by atoms with E-state index < -0.39 is 17.5 Å². The van der Waals surface area contributed by atoms with Gasteiger partial charge in [-0.3, -0.25) is 14.4 Å². The second kappa shape index (κ2) is 12.5. The predicted molar refractivity (Wildman–Crippen MR) is 153 cm³/mol. The second-order valence-electron chi connectivity index (χ2n) is 10.6. The topological polar surface area (TPSA) is 108 Å². The number of benzene rings is 3. The van der Waals surface area contributed by atoms with Crippen molar-refractivity contribution in [1.82, 2.24) is 10.2 Å². The zero-order valence-electron chi connectivity index (χ0n) is 22.6. The fourth-order valence-electron chi connectivity index (χ4n) is 5.31. The lowest BCUT2D eigenvalue weighted by Crippen LogP contribution is -2.49. The third-order valence-corrected chi connectivity index (χ3v) is 7.72. The number of rotatable bonds is 6. The number of hydrogen-bond donors (Lipinski definition) is 3. The number of anilines is 2. The molecule has 1 saturated carbocycles. The zero-order chi connectivity index (χ0) is 28.9. The van der Waals surface area contributed by atoms with Crippen LogP contribution in [0.2, 0.25) is 0 Å². The predicted octanol–water partition coefficient (Wildman–Crippen LogP) is 4.18. The third kappa shape index (κ3) is 6.89. The highest BCUT2D eigenvalue weighted by Crippen LogP contribution is 2.30. The van der Waals surface area contributed by atoms with Crippen LogP contribution in [-0.2, 0) is 0 Å². The summed E-state index contributed by atoms with van der Waals surface area (Å²) in [6, 6.07) is 16.1. The van der Waals surface area contributed by atoms with Crippen molar-refractivity contribution in [1.29, 1.82) is 0 Å². The van der Waals surface area contributed by atoms with Crippen LogP contribution in [-0.4, -0.2) is 60.9 Å². The molecule has 214 valence electrons. The summed E-state index contributed by atoms with van der Waals surface area (Å²) in [5.41, 5.74) is 8.24. The van der Waals surface area contributed by atoms with Crippen LogP contribution in [0.3, 0.4) is 0 Å². The first-order chi connectivity index (χ1) is 19.8. The lowest BCUT2D eigenvalue weighted by molar-refractivity contribution is 0.0746. The summed E-state index contributed by atoms with van der Waals surface area (Å²) in [6.07, 6.45) is 3.36. The van der Waals surface area contributed by atoms with Crippen molar-refractivity contribution in [2.45, 2.75) is 37.8 Å². The molecule has 0 spiro atoms. The number of halogens is 2. The van der Waals surface area contributed by atoms with Crippen molar-refractivity contribution < 1.29 is 23.2 Å². The Hall–Kier alpha value is -4.31. The van der Waals surface area contributed by atoms with Crippen LogP contribution in [0.15, 0.2) is 66.7 Å². The van der Waals surface area contributed by atoms with Crippen LogP contribution in [0.5, 0.6) is 0 Å². The number of amides is 3. The zero-order valence-corrected chi connectivity index (χ0v) is 22.6. The fourth-order valence-corrected chi connectivity index (χ4v) is 5.31. The van der Waals surface area contributed by atoms with Gasteiger partial charge in [0.1, 0.15) is 11.6 Å². The first-order valence-corrected chi connectivity index (χ1v) is 13.8. The molecule has 3 amide bonds. The molecule has 8 nitrogen and oxygen atoms in total. The maximum atomic E-state index is 13.4. The molecule has 41 heavy (non-hydrogen) atoms. The SMILES string of the molecule is NC1CCC(NC(=O)c2ccc(N3CCN(C(=O)c4ccc(F)cc4)CC3)c(NC(=O)c3ccc(F)cc3)c2)CC1. The quantitative estimate of drug-likeness (QED) is 0.419. The van der Waals surface area contributed by atoms with Crippen LogP contribution in [0, 0.1) is 11.6 Å². The van der Waals surface area contributed by atoms with Crippen LogP contribution in [0.1, 0.15) is 56.8 Å². The number of carbonyl (C=O) groups excluding carboxylic acids is 3. The van der Waals surface area contributed by atoms with Gasteiger partial charge in [0.15, 0.2) is 0 Å². The van der Waals surface area contributed by atoms with E-state index in [1.54, 1.807) is 23.1 Å². The summed E-state index contributed by atoms with van der Waals surface area (Å²) in [7, 11) is 0. The second-order valence-corrected chi connectivity index (χ2v) is 10.6. The Kier molecular flexibility index (Phi) is 8.58. The van der Waals surface area contributed by atoms with E-state index in [9.17, 15) is 23.2 Å². The maximum absolute atomic E-state index is 13.4. The van der Waals surface area contributed by atoms with Crippen LogP contribution >= 0.6 is 0 Å². The summed E-state index contributed by atoms with van der Waals surface area (Å²) >= 11 is 0. The van der Waals surface area contributed by atoms with E-state index in [0.29, 0.717) is 48.7 Å². The Morgan fingerprint density at radius 3 is 1.88 bits per heavy atom. The molecular weight excluding hydrogens is 528 g/mol. The Morgan fingerprint density at radius 2 is 1.27 bits per heavy atom. The fraction of sp³-hybridized carbons (Fsp3) is 0.323. The van der Waals surface area contributed by atoms with Gasteiger partial charge >= 0.3 is 0 Å². The van der Waals surface area contributed by atoms with Gasteiger partial charge in [0.25, 0.3) is 17.7 Å². The van der Waals surface area contributed by atoms with Gasteiger partial charge in [-0.1, -0.05) is 0 Å². The average Bonchev–Trinajstić information content (AvgIpc) is 2.99. The minimum atomic E-state index is -0.447. The third-order valence-electron chi connectivity index (χ3n) is 7.72. The van der Waals surface area contributed by atoms with Crippen molar-refractivity contribution in [2.24, 2.45) is 5.73 Å². The number of nitrogens with zero attached hydrogens (tertiary/aromatic N) is 2. The van der Waals surface area contributed by atoms with E-state index in [1.807, 2.05) is 4.90 Å². The van der Waals surface area contributed by atoms with Gasteiger partial charge in [-0.25, -0.2) is 8.78 Å². The van der Waals surface area contributed by atoms with Gasteiger partial charge in [0.2, 0.25) is 0 Å². The molecule has 1 aliphatic carbocycles. The van der Waals surface area contributed by atoms with E-state index >= 15 is 0 Å². The van der Waals surface area contributed by atoms with E-state index in [-0.39, 0.29) is 29.5 Å². The monoisotopic (exact) mass is 561 g/mol. The molecule has 10 heteroatoms.